The Morgan fingerprint density at radius 1 is 1.21 bits per heavy atom. The van der Waals surface area contributed by atoms with Crippen LogP contribution in [-0.2, 0) is 12.8 Å². The molecular formula is C13H25IN4S. The minimum absolute atomic E-state index is 0. The number of guanidine groups is 1. The summed E-state index contributed by atoms with van der Waals surface area (Å²) in [6, 6.07) is 0. The van der Waals surface area contributed by atoms with E-state index in [1.54, 1.807) is 11.3 Å². The standard InChI is InChI=1S/C13H24N4S.HI/c1-5-11-10(4)18-12(17-11)8-9-16-13(14-6-2)15-7-3;/h5-9H2,1-4H3,(H2,14,15,16);1H. The Labute approximate surface area is 137 Å². The van der Waals surface area contributed by atoms with Gasteiger partial charge in [-0.05, 0) is 27.2 Å². The SMILES string of the molecule is CCNC(=NCCc1nc(CC)c(C)s1)NCC.I. The van der Waals surface area contributed by atoms with Gasteiger partial charge in [-0.2, -0.15) is 0 Å². The van der Waals surface area contributed by atoms with E-state index in [9.17, 15) is 0 Å². The monoisotopic (exact) mass is 396 g/mol. The lowest BCUT2D eigenvalue weighted by Crippen LogP contribution is -2.37. The molecule has 0 saturated heterocycles. The first-order valence-electron chi connectivity index (χ1n) is 6.68. The average molecular weight is 396 g/mol. The topological polar surface area (TPSA) is 49.3 Å². The highest BCUT2D eigenvalue weighted by Gasteiger charge is 2.05. The van der Waals surface area contributed by atoms with E-state index in [1.807, 2.05) is 0 Å². The van der Waals surface area contributed by atoms with Gasteiger partial charge in [-0.25, -0.2) is 4.98 Å². The van der Waals surface area contributed by atoms with Gasteiger partial charge in [0.1, 0.15) is 0 Å². The molecule has 0 atom stereocenters. The van der Waals surface area contributed by atoms with Crippen LogP contribution in [-0.4, -0.2) is 30.6 Å². The van der Waals surface area contributed by atoms with Gasteiger partial charge >= 0.3 is 0 Å². The van der Waals surface area contributed by atoms with Crippen LogP contribution in [0.5, 0.6) is 0 Å². The number of nitrogens with zero attached hydrogens (tertiary/aromatic N) is 2. The second-order valence-corrected chi connectivity index (χ2v) is 5.29. The molecule has 0 aromatic carbocycles. The Balaban J connectivity index is 0.00000324. The first kappa shape index (κ1) is 18.6. The summed E-state index contributed by atoms with van der Waals surface area (Å²) in [4.78, 5) is 10.5. The predicted molar refractivity (Wildman–Crippen MR) is 95.0 cm³/mol. The lowest BCUT2D eigenvalue weighted by molar-refractivity contribution is 0.830. The highest BCUT2D eigenvalue weighted by Crippen LogP contribution is 2.18. The summed E-state index contributed by atoms with van der Waals surface area (Å²) in [6.07, 6.45) is 1.94. The molecule has 2 N–H and O–H groups in total. The first-order valence-corrected chi connectivity index (χ1v) is 7.50. The Morgan fingerprint density at radius 3 is 2.32 bits per heavy atom. The Bertz CT molecular complexity index is 382. The highest BCUT2D eigenvalue weighted by atomic mass is 127. The van der Waals surface area contributed by atoms with E-state index in [0.717, 1.165) is 38.4 Å². The molecule has 0 saturated carbocycles. The summed E-state index contributed by atoms with van der Waals surface area (Å²) < 4.78 is 0. The summed E-state index contributed by atoms with van der Waals surface area (Å²) in [6.45, 7) is 11.0. The van der Waals surface area contributed by atoms with Crippen LogP contribution in [0.25, 0.3) is 0 Å². The van der Waals surface area contributed by atoms with Crippen LogP contribution in [0.4, 0.5) is 0 Å². The average Bonchev–Trinajstić information content (AvgIpc) is 2.70. The molecule has 19 heavy (non-hydrogen) atoms. The lowest BCUT2D eigenvalue weighted by Gasteiger charge is -2.08. The van der Waals surface area contributed by atoms with Crippen molar-refractivity contribution in [1.29, 1.82) is 0 Å². The maximum absolute atomic E-state index is 4.63. The molecule has 1 aromatic heterocycles. The van der Waals surface area contributed by atoms with Crippen molar-refractivity contribution in [3.8, 4) is 0 Å². The van der Waals surface area contributed by atoms with Gasteiger partial charge in [0.05, 0.1) is 10.7 Å². The van der Waals surface area contributed by atoms with Crippen LogP contribution in [0.2, 0.25) is 0 Å². The molecule has 0 spiro atoms. The number of thiazole rings is 1. The Morgan fingerprint density at radius 2 is 1.84 bits per heavy atom. The van der Waals surface area contributed by atoms with Gasteiger partial charge in [0.15, 0.2) is 5.96 Å². The molecule has 6 heteroatoms. The summed E-state index contributed by atoms with van der Waals surface area (Å²) in [5, 5.41) is 7.63. The van der Waals surface area contributed by atoms with E-state index in [-0.39, 0.29) is 24.0 Å². The van der Waals surface area contributed by atoms with Gasteiger partial charge in [-0.3, -0.25) is 4.99 Å². The Kier molecular flexibility index (Phi) is 10.2. The van der Waals surface area contributed by atoms with E-state index in [2.05, 4.69) is 48.3 Å². The van der Waals surface area contributed by atoms with E-state index in [0.29, 0.717) is 0 Å². The second kappa shape index (κ2) is 10.4. The molecule has 110 valence electrons. The zero-order valence-electron chi connectivity index (χ0n) is 12.2. The number of nitrogens with one attached hydrogen (secondary N) is 2. The normalized spacial score (nSPS) is 9.68. The molecule has 0 bridgehead atoms. The smallest absolute Gasteiger partial charge is 0.191 e. The van der Waals surface area contributed by atoms with Crippen LogP contribution in [0.1, 0.15) is 36.3 Å². The van der Waals surface area contributed by atoms with Crippen molar-refractivity contribution in [2.75, 3.05) is 19.6 Å². The molecule has 0 unspecified atom stereocenters. The van der Waals surface area contributed by atoms with Crippen molar-refractivity contribution in [3.05, 3.63) is 15.6 Å². The molecule has 1 rings (SSSR count). The van der Waals surface area contributed by atoms with E-state index in [1.165, 1.54) is 15.6 Å². The third-order valence-corrected chi connectivity index (χ3v) is 3.63. The van der Waals surface area contributed by atoms with Crippen LogP contribution in [0.15, 0.2) is 4.99 Å². The number of hydrogen-bond donors (Lipinski definition) is 2. The number of halogens is 1. The molecule has 0 aliphatic rings. The zero-order valence-corrected chi connectivity index (χ0v) is 15.4. The minimum atomic E-state index is 0. The lowest BCUT2D eigenvalue weighted by atomic mass is 10.3. The van der Waals surface area contributed by atoms with E-state index in [4.69, 9.17) is 0 Å². The largest absolute Gasteiger partial charge is 0.357 e. The quantitative estimate of drug-likeness (QED) is 0.442. The van der Waals surface area contributed by atoms with Crippen molar-refractivity contribution < 1.29 is 0 Å². The van der Waals surface area contributed by atoms with Crippen LogP contribution < -0.4 is 10.6 Å². The fourth-order valence-electron chi connectivity index (χ4n) is 1.70. The third kappa shape index (κ3) is 6.56. The molecule has 0 amide bonds. The molecule has 4 nitrogen and oxygen atoms in total. The molecule has 1 aromatic rings. The highest BCUT2D eigenvalue weighted by molar-refractivity contribution is 14.0. The molecular weight excluding hydrogens is 371 g/mol. The minimum Gasteiger partial charge on any atom is -0.357 e. The summed E-state index contributed by atoms with van der Waals surface area (Å²) in [5.41, 5.74) is 1.23. The molecule has 1 heterocycles. The Hall–Kier alpha value is -0.370. The number of aryl methyl sites for hydroxylation is 2. The maximum atomic E-state index is 4.63. The molecule has 0 radical (unpaired) electrons. The van der Waals surface area contributed by atoms with Gasteiger partial charge in [0, 0.05) is 30.9 Å². The van der Waals surface area contributed by atoms with Crippen LogP contribution >= 0.6 is 35.3 Å². The number of hydrogen-bond acceptors (Lipinski definition) is 3. The van der Waals surface area contributed by atoms with Crippen LogP contribution in [0, 0.1) is 6.92 Å². The summed E-state index contributed by atoms with van der Waals surface area (Å²) >= 11 is 1.80. The molecule has 0 aliphatic carbocycles. The van der Waals surface area contributed by atoms with Gasteiger partial charge in [-0.15, -0.1) is 35.3 Å². The first-order chi connectivity index (χ1) is 8.71. The molecule has 0 aliphatic heterocycles. The fraction of sp³-hybridized carbons (Fsp3) is 0.692. The van der Waals surface area contributed by atoms with Gasteiger partial charge in [0.25, 0.3) is 0 Å². The number of aromatic nitrogens is 1. The fourth-order valence-corrected chi connectivity index (χ4v) is 2.71. The summed E-state index contributed by atoms with van der Waals surface area (Å²) in [7, 11) is 0. The van der Waals surface area contributed by atoms with Gasteiger partial charge in [0.2, 0.25) is 0 Å². The van der Waals surface area contributed by atoms with Crippen molar-refractivity contribution in [2.24, 2.45) is 4.99 Å². The van der Waals surface area contributed by atoms with Gasteiger partial charge < -0.3 is 10.6 Å². The second-order valence-electron chi connectivity index (χ2n) is 4.01. The maximum Gasteiger partial charge on any atom is 0.191 e. The zero-order chi connectivity index (χ0) is 13.4. The van der Waals surface area contributed by atoms with Crippen molar-refractivity contribution in [3.63, 3.8) is 0 Å². The predicted octanol–water partition coefficient (Wildman–Crippen LogP) is 2.75. The van der Waals surface area contributed by atoms with Crippen LogP contribution in [0.3, 0.4) is 0 Å². The van der Waals surface area contributed by atoms with Crippen molar-refractivity contribution >= 4 is 41.3 Å². The van der Waals surface area contributed by atoms with Crippen molar-refractivity contribution in [2.45, 2.75) is 40.5 Å². The molecule has 0 fully saturated rings. The number of aliphatic imine (C=N–C) groups is 1. The van der Waals surface area contributed by atoms with Crippen molar-refractivity contribution in [1.82, 2.24) is 15.6 Å². The van der Waals surface area contributed by atoms with E-state index < -0.39 is 0 Å². The van der Waals surface area contributed by atoms with E-state index >= 15 is 0 Å². The third-order valence-electron chi connectivity index (χ3n) is 2.56. The van der Waals surface area contributed by atoms with Gasteiger partial charge in [-0.1, -0.05) is 6.92 Å². The number of rotatable bonds is 6. The summed E-state index contributed by atoms with van der Waals surface area (Å²) in [5.74, 6) is 0.893.